The van der Waals surface area contributed by atoms with Crippen molar-refractivity contribution < 1.29 is 9.59 Å². The van der Waals surface area contributed by atoms with Crippen LogP contribution in [-0.4, -0.2) is 29.8 Å². The average molecular weight is 373 g/mol. The first kappa shape index (κ1) is 17.8. The highest BCUT2D eigenvalue weighted by Crippen LogP contribution is 2.59. The van der Waals surface area contributed by atoms with E-state index in [9.17, 15) is 9.59 Å². The zero-order chi connectivity index (χ0) is 18.0. The van der Waals surface area contributed by atoms with Crippen LogP contribution in [0.3, 0.4) is 0 Å². The van der Waals surface area contributed by atoms with E-state index in [0.29, 0.717) is 13.0 Å². The summed E-state index contributed by atoms with van der Waals surface area (Å²) < 4.78 is 0. The van der Waals surface area contributed by atoms with E-state index < -0.39 is 0 Å². The SMILES string of the molecule is O=C(NCc1cccs1)C1CC12CCN(C(=O)CC1=CCCCC1)CC2. The summed E-state index contributed by atoms with van der Waals surface area (Å²) in [6.07, 6.45) is 10.5. The summed E-state index contributed by atoms with van der Waals surface area (Å²) in [7, 11) is 0. The monoisotopic (exact) mass is 372 g/mol. The van der Waals surface area contributed by atoms with Gasteiger partial charge in [0.25, 0.3) is 0 Å². The number of nitrogens with one attached hydrogen (secondary N) is 1. The van der Waals surface area contributed by atoms with Crippen molar-refractivity contribution in [2.45, 2.75) is 57.9 Å². The molecule has 2 amide bonds. The Hall–Kier alpha value is -1.62. The number of amides is 2. The molecule has 140 valence electrons. The zero-order valence-electron chi connectivity index (χ0n) is 15.3. The molecule has 1 N–H and O–H groups in total. The van der Waals surface area contributed by atoms with Gasteiger partial charge in [-0.25, -0.2) is 0 Å². The molecule has 1 spiro atoms. The minimum atomic E-state index is 0.153. The van der Waals surface area contributed by atoms with Crippen molar-refractivity contribution in [1.82, 2.24) is 10.2 Å². The van der Waals surface area contributed by atoms with E-state index in [-0.39, 0.29) is 23.1 Å². The average Bonchev–Trinajstić information content (AvgIpc) is 3.11. The Kier molecular flexibility index (Phi) is 5.16. The second-order valence-electron chi connectivity index (χ2n) is 8.08. The first-order chi connectivity index (χ1) is 12.7. The van der Waals surface area contributed by atoms with Crippen LogP contribution in [0.5, 0.6) is 0 Å². The molecule has 0 radical (unpaired) electrons. The molecule has 1 unspecified atom stereocenters. The van der Waals surface area contributed by atoms with Crippen LogP contribution < -0.4 is 5.32 Å². The van der Waals surface area contributed by atoms with Crippen molar-refractivity contribution in [2.24, 2.45) is 11.3 Å². The van der Waals surface area contributed by atoms with Crippen LogP contribution in [-0.2, 0) is 16.1 Å². The Morgan fingerprint density at radius 1 is 1.27 bits per heavy atom. The van der Waals surface area contributed by atoms with Crippen LogP contribution in [0.15, 0.2) is 29.2 Å². The summed E-state index contributed by atoms with van der Waals surface area (Å²) in [5, 5.41) is 5.13. The van der Waals surface area contributed by atoms with Gasteiger partial charge in [-0.3, -0.25) is 9.59 Å². The molecule has 4 rings (SSSR count). The zero-order valence-corrected chi connectivity index (χ0v) is 16.2. The van der Waals surface area contributed by atoms with E-state index in [4.69, 9.17) is 0 Å². The highest BCUT2D eigenvalue weighted by atomic mass is 32.1. The van der Waals surface area contributed by atoms with Crippen molar-refractivity contribution in [3.05, 3.63) is 34.0 Å². The van der Waals surface area contributed by atoms with Crippen LogP contribution in [0.1, 0.15) is 56.2 Å². The molecule has 3 aliphatic rings. The number of carbonyl (C=O) groups is 2. The lowest BCUT2D eigenvalue weighted by atomic mass is 9.90. The molecule has 2 aliphatic carbocycles. The number of hydrogen-bond acceptors (Lipinski definition) is 3. The van der Waals surface area contributed by atoms with Gasteiger partial charge in [0, 0.05) is 30.3 Å². The van der Waals surface area contributed by atoms with E-state index >= 15 is 0 Å². The third kappa shape index (κ3) is 3.88. The summed E-state index contributed by atoms with van der Waals surface area (Å²) >= 11 is 1.68. The molecule has 1 aromatic heterocycles. The van der Waals surface area contributed by atoms with Crippen LogP contribution >= 0.6 is 11.3 Å². The molecule has 1 aliphatic heterocycles. The summed E-state index contributed by atoms with van der Waals surface area (Å²) in [5.41, 5.74) is 1.50. The van der Waals surface area contributed by atoms with E-state index in [2.05, 4.69) is 17.5 Å². The van der Waals surface area contributed by atoms with Gasteiger partial charge < -0.3 is 10.2 Å². The van der Waals surface area contributed by atoms with E-state index in [1.807, 2.05) is 16.3 Å². The first-order valence-electron chi connectivity index (χ1n) is 9.92. The fourth-order valence-corrected chi connectivity index (χ4v) is 5.20. The Labute approximate surface area is 159 Å². The molecule has 2 fully saturated rings. The third-order valence-electron chi connectivity index (χ3n) is 6.40. The lowest BCUT2D eigenvalue weighted by Gasteiger charge is -2.33. The number of rotatable bonds is 5. The summed E-state index contributed by atoms with van der Waals surface area (Å²) in [6.45, 7) is 2.28. The van der Waals surface area contributed by atoms with E-state index in [0.717, 1.165) is 45.2 Å². The fourth-order valence-electron chi connectivity index (χ4n) is 4.55. The summed E-state index contributed by atoms with van der Waals surface area (Å²) in [6, 6.07) is 4.07. The van der Waals surface area contributed by atoms with Crippen LogP contribution in [0, 0.1) is 11.3 Å². The van der Waals surface area contributed by atoms with Gasteiger partial charge in [0.15, 0.2) is 0 Å². The van der Waals surface area contributed by atoms with Crippen molar-refractivity contribution in [2.75, 3.05) is 13.1 Å². The number of likely N-dealkylation sites (tertiary alicyclic amines) is 1. The van der Waals surface area contributed by atoms with Gasteiger partial charge in [-0.05, 0) is 61.8 Å². The first-order valence-corrected chi connectivity index (χ1v) is 10.8. The quantitative estimate of drug-likeness (QED) is 0.798. The number of allylic oxidation sites excluding steroid dienone is 1. The molecule has 5 heteroatoms. The Bertz CT molecular complexity index is 687. The molecule has 2 heterocycles. The maximum atomic E-state index is 12.6. The van der Waals surface area contributed by atoms with Gasteiger partial charge in [-0.2, -0.15) is 0 Å². The molecule has 0 aromatic carbocycles. The van der Waals surface area contributed by atoms with Crippen molar-refractivity contribution in [3.8, 4) is 0 Å². The second kappa shape index (κ2) is 7.55. The molecule has 1 atom stereocenters. The minimum absolute atomic E-state index is 0.153. The van der Waals surface area contributed by atoms with Gasteiger partial charge in [0.1, 0.15) is 0 Å². The Morgan fingerprint density at radius 2 is 2.12 bits per heavy atom. The van der Waals surface area contributed by atoms with Gasteiger partial charge in [-0.15, -0.1) is 11.3 Å². The van der Waals surface area contributed by atoms with Crippen molar-refractivity contribution in [3.63, 3.8) is 0 Å². The maximum Gasteiger partial charge on any atom is 0.226 e. The van der Waals surface area contributed by atoms with Crippen LogP contribution in [0.4, 0.5) is 0 Å². The highest BCUT2D eigenvalue weighted by molar-refractivity contribution is 7.09. The predicted molar refractivity (Wildman–Crippen MR) is 104 cm³/mol. The van der Waals surface area contributed by atoms with Gasteiger partial charge >= 0.3 is 0 Å². The standard InChI is InChI=1S/C21H28N2O2S/c24-19(13-16-5-2-1-3-6-16)23-10-8-21(9-11-23)14-18(21)20(25)22-15-17-7-4-12-26-17/h4-5,7,12,18H,1-3,6,8-11,13-15H2,(H,22,25). The summed E-state index contributed by atoms with van der Waals surface area (Å²) in [5.74, 6) is 0.638. The Balaban J connectivity index is 1.23. The molecule has 1 aromatic rings. The normalized spacial score (nSPS) is 24.2. The molecule has 1 saturated carbocycles. The number of piperidine rings is 1. The van der Waals surface area contributed by atoms with Crippen molar-refractivity contribution >= 4 is 23.2 Å². The molecular weight excluding hydrogens is 344 g/mol. The maximum absolute atomic E-state index is 12.6. The van der Waals surface area contributed by atoms with E-state index in [1.54, 1.807) is 11.3 Å². The van der Waals surface area contributed by atoms with Gasteiger partial charge in [0.05, 0.1) is 6.54 Å². The topological polar surface area (TPSA) is 49.4 Å². The number of hydrogen-bond donors (Lipinski definition) is 1. The van der Waals surface area contributed by atoms with Gasteiger partial charge in [-0.1, -0.05) is 17.7 Å². The van der Waals surface area contributed by atoms with Gasteiger partial charge in [0.2, 0.25) is 11.8 Å². The lowest BCUT2D eigenvalue weighted by molar-refractivity contribution is -0.132. The molecule has 1 saturated heterocycles. The number of thiophene rings is 1. The minimum Gasteiger partial charge on any atom is -0.351 e. The molecule has 4 nitrogen and oxygen atoms in total. The second-order valence-corrected chi connectivity index (χ2v) is 9.11. The van der Waals surface area contributed by atoms with E-state index in [1.165, 1.54) is 23.3 Å². The highest BCUT2D eigenvalue weighted by Gasteiger charge is 2.58. The van der Waals surface area contributed by atoms with Crippen molar-refractivity contribution in [1.29, 1.82) is 0 Å². The van der Waals surface area contributed by atoms with Crippen LogP contribution in [0.25, 0.3) is 0 Å². The predicted octanol–water partition coefficient (Wildman–Crippen LogP) is 3.88. The van der Waals surface area contributed by atoms with Crippen LogP contribution in [0.2, 0.25) is 0 Å². The fraction of sp³-hybridized carbons (Fsp3) is 0.619. The molecular formula is C21H28N2O2S. The summed E-state index contributed by atoms with van der Waals surface area (Å²) in [4.78, 5) is 28.2. The Morgan fingerprint density at radius 3 is 2.81 bits per heavy atom. The number of carbonyl (C=O) groups excluding carboxylic acids is 2. The molecule has 26 heavy (non-hydrogen) atoms. The largest absolute Gasteiger partial charge is 0.351 e. The lowest BCUT2D eigenvalue weighted by Crippen LogP contribution is -2.40. The molecule has 0 bridgehead atoms. The number of nitrogens with zero attached hydrogens (tertiary/aromatic N) is 1. The third-order valence-corrected chi connectivity index (χ3v) is 7.27. The smallest absolute Gasteiger partial charge is 0.226 e.